The van der Waals surface area contributed by atoms with Crippen LogP contribution in [0.2, 0.25) is 0 Å². The third-order valence-corrected chi connectivity index (χ3v) is 11.0. The average molecular weight is 542 g/mol. The Labute approximate surface area is 248 Å². The molecule has 0 saturated heterocycles. The second-order valence-corrected chi connectivity index (χ2v) is 13.9. The lowest BCUT2D eigenvalue weighted by molar-refractivity contribution is 0.373. The van der Waals surface area contributed by atoms with Crippen LogP contribution in [0.5, 0.6) is 0 Å². The van der Waals surface area contributed by atoms with E-state index in [1.807, 2.05) is 0 Å². The molecule has 3 aromatic carbocycles. The Morgan fingerprint density at radius 3 is 1.98 bits per heavy atom. The summed E-state index contributed by atoms with van der Waals surface area (Å²) in [6.45, 7) is 7.26. The van der Waals surface area contributed by atoms with Crippen LogP contribution in [0.25, 0.3) is 11.1 Å². The van der Waals surface area contributed by atoms with E-state index in [0.29, 0.717) is 5.92 Å². The van der Waals surface area contributed by atoms with E-state index in [2.05, 4.69) is 105 Å². The molecule has 1 unspecified atom stereocenters. The second-order valence-electron chi connectivity index (χ2n) is 13.9. The molecule has 0 spiro atoms. The largest absolute Gasteiger partial charge is 0.314 e. The number of allylic oxidation sites excluding steroid dienone is 4. The molecule has 212 valence electrons. The molecule has 0 aromatic heterocycles. The first-order valence-electron chi connectivity index (χ1n) is 16.6. The predicted molar refractivity (Wildman–Crippen MR) is 175 cm³/mol. The van der Waals surface area contributed by atoms with Crippen molar-refractivity contribution in [1.29, 1.82) is 0 Å². The Bertz CT molecular complexity index is 1460. The Hall–Kier alpha value is -3.06. The second kappa shape index (κ2) is 11.0. The Kier molecular flexibility index (Phi) is 7.18. The van der Waals surface area contributed by atoms with Crippen molar-refractivity contribution in [1.82, 2.24) is 0 Å². The molecule has 0 heterocycles. The van der Waals surface area contributed by atoms with Gasteiger partial charge in [-0.15, -0.1) is 0 Å². The van der Waals surface area contributed by atoms with Crippen LogP contribution in [-0.2, 0) is 5.41 Å². The fourth-order valence-electron chi connectivity index (χ4n) is 8.64. The predicted octanol–water partition coefficient (Wildman–Crippen LogP) is 11.6. The fourth-order valence-corrected chi connectivity index (χ4v) is 8.64. The Balaban J connectivity index is 1.29. The molecule has 4 aliphatic carbocycles. The van der Waals surface area contributed by atoms with Crippen molar-refractivity contribution in [2.45, 2.75) is 103 Å². The molecule has 41 heavy (non-hydrogen) atoms. The van der Waals surface area contributed by atoms with Gasteiger partial charge < -0.3 is 4.90 Å². The number of anilines is 2. The lowest BCUT2D eigenvalue weighted by atomic mass is 9.76. The van der Waals surface area contributed by atoms with Crippen LogP contribution in [0.15, 0.2) is 90.2 Å². The topological polar surface area (TPSA) is 3.24 Å². The number of hydrogen-bond donors (Lipinski definition) is 0. The van der Waals surface area contributed by atoms with E-state index in [9.17, 15) is 0 Å². The van der Waals surface area contributed by atoms with Gasteiger partial charge in [0.25, 0.3) is 0 Å². The highest BCUT2D eigenvalue weighted by Crippen LogP contribution is 2.51. The van der Waals surface area contributed by atoms with Gasteiger partial charge in [-0.2, -0.15) is 0 Å². The first-order valence-corrected chi connectivity index (χ1v) is 16.6. The van der Waals surface area contributed by atoms with E-state index in [-0.39, 0.29) is 5.41 Å². The third kappa shape index (κ3) is 4.90. The van der Waals surface area contributed by atoms with Gasteiger partial charge in [-0.05, 0) is 108 Å². The maximum atomic E-state index is 2.58. The molecule has 0 bridgehead atoms. The van der Waals surface area contributed by atoms with E-state index < -0.39 is 0 Å². The van der Waals surface area contributed by atoms with Gasteiger partial charge in [0, 0.05) is 22.5 Å². The number of benzene rings is 3. The van der Waals surface area contributed by atoms with Crippen LogP contribution in [0.4, 0.5) is 11.4 Å². The first kappa shape index (κ1) is 26.8. The van der Waals surface area contributed by atoms with E-state index >= 15 is 0 Å². The van der Waals surface area contributed by atoms with Crippen LogP contribution in [0.3, 0.4) is 0 Å². The maximum Gasteiger partial charge on any atom is 0.0461 e. The summed E-state index contributed by atoms with van der Waals surface area (Å²) in [7, 11) is 0. The molecule has 0 N–H and O–H groups in total. The number of fused-ring (bicyclic) bond motifs is 3. The van der Waals surface area contributed by atoms with Crippen molar-refractivity contribution in [2.75, 3.05) is 4.90 Å². The number of nitrogens with zero attached hydrogens (tertiary/aromatic N) is 1. The lowest BCUT2D eigenvalue weighted by Crippen LogP contribution is -2.24. The molecule has 1 nitrogen and oxygen atoms in total. The van der Waals surface area contributed by atoms with Gasteiger partial charge in [-0.25, -0.2) is 0 Å². The van der Waals surface area contributed by atoms with Crippen LogP contribution >= 0.6 is 0 Å². The summed E-state index contributed by atoms with van der Waals surface area (Å²) in [5.74, 6) is 2.12. The molecule has 3 aromatic rings. The minimum absolute atomic E-state index is 0.000732. The van der Waals surface area contributed by atoms with Crippen LogP contribution in [0.1, 0.15) is 114 Å². The number of rotatable bonds is 5. The molecule has 0 radical (unpaired) electrons. The van der Waals surface area contributed by atoms with Crippen LogP contribution in [-0.4, -0.2) is 0 Å². The zero-order valence-electron chi connectivity index (χ0n) is 25.5. The van der Waals surface area contributed by atoms with Crippen molar-refractivity contribution >= 4 is 11.4 Å². The van der Waals surface area contributed by atoms with Crippen molar-refractivity contribution in [3.63, 3.8) is 0 Å². The molecule has 0 aliphatic heterocycles. The van der Waals surface area contributed by atoms with E-state index in [1.165, 1.54) is 109 Å². The van der Waals surface area contributed by atoms with Gasteiger partial charge in [0.1, 0.15) is 0 Å². The minimum atomic E-state index is 0.000732. The van der Waals surface area contributed by atoms with Gasteiger partial charge in [-0.1, -0.05) is 113 Å². The molecule has 2 fully saturated rings. The number of hydrogen-bond acceptors (Lipinski definition) is 1. The third-order valence-electron chi connectivity index (χ3n) is 11.0. The van der Waals surface area contributed by atoms with Crippen LogP contribution < -0.4 is 4.90 Å². The van der Waals surface area contributed by atoms with E-state index in [0.717, 1.165) is 18.3 Å². The SMILES string of the molecule is CC1CC(N(c2ccc(C3CCCCC3)cc2)c2ccc3c(c2)C(C)(C)c2ccccc2-3)=CC=C1C1CCCCC1. The molecule has 7 rings (SSSR count). The van der Waals surface area contributed by atoms with Crippen molar-refractivity contribution in [3.05, 3.63) is 107 Å². The molecule has 1 heteroatoms. The quantitative estimate of drug-likeness (QED) is 0.310. The fraction of sp³-hybridized carbons (Fsp3) is 0.450. The summed E-state index contributed by atoms with van der Waals surface area (Å²) < 4.78 is 0. The van der Waals surface area contributed by atoms with E-state index in [4.69, 9.17) is 0 Å². The zero-order chi connectivity index (χ0) is 28.0. The summed E-state index contributed by atoms with van der Waals surface area (Å²) >= 11 is 0. The van der Waals surface area contributed by atoms with Gasteiger partial charge in [0.2, 0.25) is 0 Å². The average Bonchev–Trinajstić information content (AvgIpc) is 3.25. The normalized spacial score (nSPS) is 22.5. The lowest BCUT2D eigenvalue weighted by Gasteiger charge is -2.36. The highest BCUT2D eigenvalue weighted by Gasteiger charge is 2.36. The van der Waals surface area contributed by atoms with E-state index in [1.54, 1.807) is 5.57 Å². The standard InChI is InChI=1S/C40H47N/c1-28-26-33(22-24-35(28)31-14-8-5-9-15-31)41(32-20-18-30(19-21-32)29-12-6-4-7-13-29)34-23-25-37-36-16-10-11-17-38(36)40(2,3)39(37)27-34/h10-11,16-25,27-29,31H,4-9,12-15,26H2,1-3H3. The highest BCUT2D eigenvalue weighted by atomic mass is 15.1. The zero-order valence-corrected chi connectivity index (χ0v) is 25.5. The van der Waals surface area contributed by atoms with Gasteiger partial charge >= 0.3 is 0 Å². The minimum Gasteiger partial charge on any atom is -0.314 e. The summed E-state index contributed by atoms with van der Waals surface area (Å²) in [5, 5.41) is 0. The monoisotopic (exact) mass is 541 g/mol. The van der Waals surface area contributed by atoms with Crippen molar-refractivity contribution in [2.24, 2.45) is 11.8 Å². The van der Waals surface area contributed by atoms with Gasteiger partial charge in [0.15, 0.2) is 0 Å². The summed E-state index contributed by atoms with van der Waals surface area (Å²) in [4.78, 5) is 2.58. The first-order chi connectivity index (χ1) is 20.0. The summed E-state index contributed by atoms with van der Waals surface area (Å²) in [6.07, 6.45) is 19.9. The molecular formula is C40H47N. The molecule has 2 saturated carbocycles. The Morgan fingerprint density at radius 1 is 0.634 bits per heavy atom. The highest BCUT2D eigenvalue weighted by molar-refractivity contribution is 5.84. The maximum absolute atomic E-state index is 2.58. The molecule has 0 amide bonds. The van der Waals surface area contributed by atoms with Gasteiger partial charge in [-0.3, -0.25) is 0 Å². The Morgan fingerprint density at radius 2 is 1.27 bits per heavy atom. The molecule has 4 aliphatic rings. The van der Waals surface area contributed by atoms with Gasteiger partial charge in [0.05, 0.1) is 0 Å². The summed E-state index contributed by atoms with van der Waals surface area (Å²) in [5.41, 5.74) is 12.9. The van der Waals surface area contributed by atoms with Crippen molar-refractivity contribution < 1.29 is 0 Å². The summed E-state index contributed by atoms with van der Waals surface area (Å²) in [6, 6.07) is 25.9. The van der Waals surface area contributed by atoms with Crippen LogP contribution in [0, 0.1) is 11.8 Å². The van der Waals surface area contributed by atoms with Crippen molar-refractivity contribution in [3.8, 4) is 11.1 Å². The molecular weight excluding hydrogens is 494 g/mol. The molecule has 1 atom stereocenters. The smallest absolute Gasteiger partial charge is 0.0461 e.